The normalized spacial score (nSPS) is 18.6. The molecule has 0 bridgehead atoms. The predicted molar refractivity (Wildman–Crippen MR) is 121 cm³/mol. The molecule has 2 heterocycles. The number of fused-ring (bicyclic) bond motifs is 1. The number of nitriles is 1. The quantitative estimate of drug-likeness (QED) is 0.480. The highest BCUT2D eigenvalue weighted by Gasteiger charge is 2.31. The second kappa shape index (κ2) is 10.3. The molecule has 3 rings (SSSR count). The number of carbonyl (C=O) groups is 3. The van der Waals surface area contributed by atoms with Crippen LogP contribution >= 0.6 is 0 Å². The maximum atomic E-state index is 13.0. The fraction of sp³-hybridized carbons (Fsp3) is 0.500. The van der Waals surface area contributed by atoms with Crippen molar-refractivity contribution in [1.82, 2.24) is 20.9 Å². The molecule has 170 valence electrons. The highest BCUT2D eigenvalue weighted by molar-refractivity contribution is 5.94. The molecule has 1 saturated heterocycles. The van der Waals surface area contributed by atoms with Gasteiger partial charge >= 0.3 is 0 Å². The Bertz CT molecular complexity index is 1020. The van der Waals surface area contributed by atoms with Gasteiger partial charge in [0, 0.05) is 29.6 Å². The summed E-state index contributed by atoms with van der Waals surface area (Å²) in [6.45, 7) is 6.35. The van der Waals surface area contributed by atoms with Crippen LogP contribution in [0.1, 0.15) is 51.5 Å². The van der Waals surface area contributed by atoms with E-state index in [1.165, 1.54) is 0 Å². The molecule has 4 N–H and O–H groups in total. The molecular weight excluding hydrogens is 406 g/mol. The van der Waals surface area contributed by atoms with Gasteiger partial charge in [0.25, 0.3) is 0 Å². The molecule has 8 heteroatoms. The van der Waals surface area contributed by atoms with E-state index in [0.29, 0.717) is 19.4 Å². The molecule has 8 nitrogen and oxygen atoms in total. The zero-order valence-corrected chi connectivity index (χ0v) is 18.8. The SMILES string of the molecule is CC(C)C[C@H](NC(=O)C(C)c1c[nH]c2ccccc12)C(=O)N[C@H](C#N)C[C@@H]1CCNC1=O. The Balaban J connectivity index is 1.68. The lowest BCUT2D eigenvalue weighted by molar-refractivity contribution is -0.130. The number of nitrogens with zero attached hydrogens (tertiary/aromatic N) is 1. The first kappa shape index (κ1) is 23.3. The Morgan fingerprint density at radius 2 is 1.94 bits per heavy atom. The molecule has 1 fully saturated rings. The van der Waals surface area contributed by atoms with Crippen molar-refractivity contribution in [2.75, 3.05) is 6.54 Å². The number of hydrogen-bond acceptors (Lipinski definition) is 4. The maximum absolute atomic E-state index is 13.0. The van der Waals surface area contributed by atoms with Gasteiger partial charge in [-0.1, -0.05) is 32.0 Å². The van der Waals surface area contributed by atoms with Gasteiger partial charge in [-0.3, -0.25) is 14.4 Å². The Morgan fingerprint density at radius 3 is 2.59 bits per heavy atom. The molecule has 32 heavy (non-hydrogen) atoms. The summed E-state index contributed by atoms with van der Waals surface area (Å²) in [7, 11) is 0. The van der Waals surface area contributed by atoms with Crippen molar-refractivity contribution < 1.29 is 14.4 Å². The number of aromatic nitrogens is 1. The van der Waals surface area contributed by atoms with Gasteiger partial charge in [0.2, 0.25) is 17.7 Å². The lowest BCUT2D eigenvalue weighted by atomic mass is 9.96. The summed E-state index contributed by atoms with van der Waals surface area (Å²) in [6.07, 6.45) is 3.19. The van der Waals surface area contributed by atoms with Crippen LogP contribution in [-0.2, 0) is 14.4 Å². The molecule has 3 amide bonds. The van der Waals surface area contributed by atoms with Crippen LogP contribution in [0.3, 0.4) is 0 Å². The fourth-order valence-electron chi connectivity index (χ4n) is 4.16. The van der Waals surface area contributed by atoms with Crippen molar-refractivity contribution in [2.24, 2.45) is 11.8 Å². The minimum absolute atomic E-state index is 0.0842. The van der Waals surface area contributed by atoms with Crippen molar-refractivity contribution in [3.63, 3.8) is 0 Å². The second-order valence-electron chi connectivity index (χ2n) is 8.90. The zero-order valence-electron chi connectivity index (χ0n) is 18.8. The first-order valence-corrected chi connectivity index (χ1v) is 11.1. The van der Waals surface area contributed by atoms with Crippen LogP contribution in [-0.4, -0.2) is 41.3 Å². The Morgan fingerprint density at radius 1 is 1.19 bits per heavy atom. The number of H-pyrrole nitrogens is 1. The van der Waals surface area contributed by atoms with Crippen molar-refractivity contribution >= 4 is 28.6 Å². The first-order valence-electron chi connectivity index (χ1n) is 11.1. The molecule has 0 saturated carbocycles. The van der Waals surface area contributed by atoms with Crippen LogP contribution in [0.25, 0.3) is 10.9 Å². The number of nitrogens with one attached hydrogen (secondary N) is 4. The maximum Gasteiger partial charge on any atom is 0.243 e. The Labute approximate surface area is 188 Å². The first-order chi connectivity index (χ1) is 15.3. The van der Waals surface area contributed by atoms with E-state index in [2.05, 4.69) is 27.0 Å². The molecule has 4 atom stereocenters. The van der Waals surface area contributed by atoms with Gasteiger partial charge in [-0.25, -0.2) is 0 Å². The van der Waals surface area contributed by atoms with Crippen LogP contribution < -0.4 is 16.0 Å². The van der Waals surface area contributed by atoms with Gasteiger partial charge in [-0.15, -0.1) is 0 Å². The number of carbonyl (C=O) groups excluding carboxylic acids is 3. The van der Waals surface area contributed by atoms with Crippen LogP contribution in [0, 0.1) is 23.2 Å². The molecule has 1 unspecified atom stereocenters. The van der Waals surface area contributed by atoms with Gasteiger partial charge in [-0.05, 0) is 43.7 Å². The minimum atomic E-state index is -0.783. The number of hydrogen-bond donors (Lipinski definition) is 4. The lowest BCUT2D eigenvalue weighted by Gasteiger charge is -2.24. The number of para-hydroxylation sites is 1. The summed E-state index contributed by atoms with van der Waals surface area (Å²) in [4.78, 5) is 41.0. The van der Waals surface area contributed by atoms with Crippen LogP contribution in [0.4, 0.5) is 0 Å². The summed E-state index contributed by atoms with van der Waals surface area (Å²) in [5, 5.41) is 18.8. The average molecular weight is 438 g/mol. The van der Waals surface area contributed by atoms with E-state index in [9.17, 15) is 19.6 Å². The largest absolute Gasteiger partial charge is 0.361 e. The van der Waals surface area contributed by atoms with E-state index < -0.39 is 23.9 Å². The van der Waals surface area contributed by atoms with Gasteiger partial charge in [-0.2, -0.15) is 5.26 Å². The van der Waals surface area contributed by atoms with E-state index in [1.807, 2.05) is 51.2 Å². The topological polar surface area (TPSA) is 127 Å². The van der Waals surface area contributed by atoms with Crippen LogP contribution in [0.2, 0.25) is 0 Å². The van der Waals surface area contributed by atoms with Crippen LogP contribution in [0.15, 0.2) is 30.5 Å². The summed E-state index contributed by atoms with van der Waals surface area (Å²) in [6, 6.07) is 8.29. The number of aromatic amines is 1. The molecule has 1 aromatic heterocycles. The molecule has 1 aliphatic heterocycles. The zero-order chi connectivity index (χ0) is 23.3. The second-order valence-corrected chi connectivity index (χ2v) is 8.90. The van der Waals surface area contributed by atoms with Crippen LogP contribution in [0.5, 0.6) is 0 Å². The van der Waals surface area contributed by atoms with Gasteiger partial charge in [0.1, 0.15) is 12.1 Å². The van der Waals surface area contributed by atoms with Crippen molar-refractivity contribution in [3.8, 4) is 6.07 Å². The number of benzene rings is 1. The van der Waals surface area contributed by atoms with Crippen molar-refractivity contribution in [2.45, 2.75) is 58.0 Å². The van der Waals surface area contributed by atoms with Gasteiger partial charge < -0.3 is 20.9 Å². The van der Waals surface area contributed by atoms with E-state index in [1.54, 1.807) is 0 Å². The van der Waals surface area contributed by atoms with Crippen molar-refractivity contribution in [1.29, 1.82) is 5.26 Å². The Kier molecular flexibility index (Phi) is 7.52. The third kappa shape index (κ3) is 5.47. The predicted octanol–water partition coefficient (Wildman–Crippen LogP) is 2.34. The minimum Gasteiger partial charge on any atom is -0.361 e. The highest BCUT2D eigenvalue weighted by atomic mass is 16.2. The summed E-state index contributed by atoms with van der Waals surface area (Å²) in [5.41, 5.74) is 1.82. The molecule has 2 aromatic rings. The van der Waals surface area contributed by atoms with E-state index in [0.717, 1.165) is 16.5 Å². The molecule has 0 spiro atoms. The van der Waals surface area contributed by atoms with Crippen molar-refractivity contribution in [3.05, 3.63) is 36.0 Å². The Hall–Kier alpha value is -3.34. The van der Waals surface area contributed by atoms with E-state index >= 15 is 0 Å². The summed E-state index contributed by atoms with van der Waals surface area (Å²) < 4.78 is 0. The molecule has 1 aliphatic rings. The smallest absolute Gasteiger partial charge is 0.243 e. The summed E-state index contributed by atoms with van der Waals surface area (Å²) >= 11 is 0. The standard InChI is InChI=1S/C24H31N5O3/c1-14(2)10-21(24(32)28-17(12-25)11-16-8-9-26-23(16)31)29-22(30)15(3)19-13-27-20-7-5-4-6-18(19)20/h4-7,13-17,21,27H,8-11H2,1-3H3,(H,26,31)(H,28,32)(H,29,30)/t15?,16-,17-,21-/m0/s1. The van der Waals surface area contributed by atoms with Gasteiger partial charge in [0.05, 0.1) is 12.0 Å². The highest BCUT2D eigenvalue weighted by Crippen LogP contribution is 2.25. The molecular formula is C24H31N5O3. The lowest BCUT2D eigenvalue weighted by Crippen LogP contribution is -2.51. The number of amides is 3. The summed E-state index contributed by atoms with van der Waals surface area (Å²) in [5.74, 6) is -1.31. The molecule has 0 radical (unpaired) electrons. The third-order valence-electron chi connectivity index (χ3n) is 5.98. The number of rotatable bonds is 9. The molecule has 0 aliphatic carbocycles. The fourth-order valence-corrected chi connectivity index (χ4v) is 4.16. The van der Waals surface area contributed by atoms with E-state index in [4.69, 9.17) is 0 Å². The molecule has 1 aromatic carbocycles. The van der Waals surface area contributed by atoms with Gasteiger partial charge in [0.15, 0.2) is 0 Å². The third-order valence-corrected chi connectivity index (χ3v) is 5.98. The van der Waals surface area contributed by atoms with E-state index in [-0.39, 0.29) is 30.1 Å². The average Bonchev–Trinajstić information content (AvgIpc) is 3.37. The monoisotopic (exact) mass is 437 g/mol.